The van der Waals surface area contributed by atoms with Gasteiger partial charge in [0.1, 0.15) is 6.04 Å². The quantitative estimate of drug-likeness (QED) is 0.418. The molecule has 8 heteroatoms. The molecule has 8 nitrogen and oxygen atoms in total. The summed E-state index contributed by atoms with van der Waals surface area (Å²) in [6.45, 7) is 3.73. The number of hydrogen-bond acceptors (Lipinski definition) is 4. The van der Waals surface area contributed by atoms with Gasteiger partial charge in [-0.25, -0.2) is 4.79 Å². The van der Waals surface area contributed by atoms with Gasteiger partial charge in [0.25, 0.3) is 5.91 Å². The van der Waals surface area contributed by atoms with Gasteiger partial charge in [0, 0.05) is 6.04 Å². The third-order valence-corrected chi connectivity index (χ3v) is 4.66. The molecule has 1 aromatic carbocycles. The lowest BCUT2D eigenvalue weighted by atomic mass is 9.99. The van der Waals surface area contributed by atoms with Gasteiger partial charge in [0.05, 0.1) is 6.04 Å². The minimum Gasteiger partial charge on any atom is -0.465 e. The summed E-state index contributed by atoms with van der Waals surface area (Å²) in [6, 6.07) is 7.45. The summed E-state index contributed by atoms with van der Waals surface area (Å²) in [6.07, 6.45) is 1.40. The summed E-state index contributed by atoms with van der Waals surface area (Å²) in [7, 11) is 0. The molecule has 2 rings (SSSR count). The maximum atomic E-state index is 12.7. The van der Waals surface area contributed by atoms with Crippen molar-refractivity contribution in [1.82, 2.24) is 16.0 Å². The zero-order valence-corrected chi connectivity index (χ0v) is 16.8. The second kappa shape index (κ2) is 10.6. The lowest BCUT2D eigenvalue weighted by molar-refractivity contribution is -0.140. The molecule has 2 atom stereocenters. The van der Waals surface area contributed by atoms with E-state index in [4.69, 9.17) is 5.11 Å². The molecule has 1 aliphatic rings. The third kappa shape index (κ3) is 7.93. The lowest BCUT2D eigenvalue weighted by Gasteiger charge is -2.23. The SMILES string of the molecule is CC(C)C[C@H](NC(=O)O)C(=O)N[C@@H](CCc1ccccc1)C(=O)C(=O)NC1CC1. The van der Waals surface area contributed by atoms with Crippen LogP contribution >= 0.6 is 0 Å². The zero-order chi connectivity index (χ0) is 21.4. The van der Waals surface area contributed by atoms with Crippen molar-refractivity contribution >= 4 is 23.7 Å². The van der Waals surface area contributed by atoms with Crippen molar-refractivity contribution < 1.29 is 24.3 Å². The summed E-state index contributed by atoms with van der Waals surface area (Å²) in [5, 5.41) is 16.5. The standard InChI is InChI=1S/C21H29N3O5/c1-13(2)12-17(24-21(28)29)19(26)23-16(11-8-14-6-4-3-5-7-14)18(25)20(27)22-15-9-10-15/h3-7,13,15-17,24H,8-12H2,1-2H3,(H,22,27)(H,23,26)(H,28,29)/t16-,17-/m0/s1. The van der Waals surface area contributed by atoms with E-state index in [2.05, 4.69) is 16.0 Å². The molecule has 0 heterocycles. The van der Waals surface area contributed by atoms with Gasteiger partial charge < -0.3 is 21.1 Å². The summed E-state index contributed by atoms with van der Waals surface area (Å²) in [5.74, 6) is -1.96. The van der Waals surface area contributed by atoms with E-state index < -0.39 is 35.8 Å². The number of rotatable bonds is 11. The molecule has 0 aromatic heterocycles. The van der Waals surface area contributed by atoms with E-state index in [-0.39, 0.29) is 24.8 Å². The van der Waals surface area contributed by atoms with Crippen LogP contribution in [-0.4, -0.2) is 46.9 Å². The number of carboxylic acid groups (broad SMARTS) is 1. The number of carbonyl (C=O) groups is 4. The molecule has 1 saturated carbocycles. The van der Waals surface area contributed by atoms with E-state index in [1.807, 2.05) is 44.2 Å². The molecule has 4 N–H and O–H groups in total. The third-order valence-electron chi connectivity index (χ3n) is 4.66. The molecule has 158 valence electrons. The molecule has 3 amide bonds. The van der Waals surface area contributed by atoms with Crippen LogP contribution in [0.4, 0.5) is 4.79 Å². The highest BCUT2D eigenvalue weighted by atomic mass is 16.4. The Hall–Kier alpha value is -2.90. The van der Waals surface area contributed by atoms with Gasteiger partial charge >= 0.3 is 6.09 Å². The molecule has 0 aliphatic heterocycles. The summed E-state index contributed by atoms with van der Waals surface area (Å²) in [4.78, 5) is 48.6. The van der Waals surface area contributed by atoms with E-state index in [1.54, 1.807) is 0 Å². The van der Waals surface area contributed by atoms with E-state index >= 15 is 0 Å². The fourth-order valence-corrected chi connectivity index (χ4v) is 2.99. The van der Waals surface area contributed by atoms with Gasteiger partial charge in [-0.3, -0.25) is 14.4 Å². The molecule has 1 aromatic rings. The van der Waals surface area contributed by atoms with E-state index in [0.29, 0.717) is 6.42 Å². The largest absolute Gasteiger partial charge is 0.465 e. The fourth-order valence-electron chi connectivity index (χ4n) is 2.99. The summed E-state index contributed by atoms with van der Waals surface area (Å²) >= 11 is 0. The Labute approximate surface area is 170 Å². The van der Waals surface area contributed by atoms with Crippen LogP contribution in [0.1, 0.15) is 45.1 Å². The van der Waals surface area contributed by atoms with Gasteiger partial charge in [-0.15, -0.1) is 0 Å². The Morgan fingerprint density at radius 1 is 1.03 bits per heavy atom. The average molecular weight is 403 g/mol. The van der Waals surface area contributed by atoms with Crippen molar-refractivity contribution in [3.63, 3.8) is 0 Å². The zero-order valence-electron chi connectivity index (χ0n) is 16.8. The van der Waals surface area contributed by atoms with E-state index in [9.17, 15) is 19.2 Å². The lowest BCUT2D eigenvalue weighted by Crippen LogP contribution is -2.54. The first-order valence-electron chi connectivity index (χ1n) is 9.94. The number of Topliss-reactive ketones (excluding diaryl/α,β-unsaturated/α-hetero) is 1. The van der Waals surface area contributed by atoms with Crippen LogP contribution in [-0.2, 0) is 20.8 Å². The van der Waals surface area contributed by atoms with Gasteiger partial charge in [-0.2, -0.15) is 0 Å². The van der Waals surface area contributed by atoms with E-state index in [0.717, 1.165) is 18.4 Å². The molecule has 0 spiro atoms. The second-order valence-electron chi connectivity index (χ2n) is 7.83. The summed E-state index contributed by atoms with van der Waals surface area (Å²) in [5.41, 5.74) is 0.976. The predicted octanol–water partition coefficient (Wildman–Crippen LogP) is 1.63. The number of ketones is 1. The fraction of sp³-hybridized carbons (Fsp3) is 0.524. The molecular weight excluding hydrogens is 374 g/mol. The molecule has 29 heavy (non-hydrogen) atoms. The number of aryl methyl sites for hydroxylation is 1. The molecule has 1 aliphatic carbocycles. The molecule has 0 saturated heterocycles. The van der Waals surface area contributed by atoms with Crippen LogP contribution in [0.3, 0.4) is 0 Å². The average Bonchev–Trinajstić information content (AvgIpc) is 3.47. The maximum absolute atomic E-state index is 12.7. The van der Waals surface area contributed by atoms with Crippen molar-refractivity contribution in [1.29, 1.82) is 0 Å². The minimum atomic E-state index is -1.32. The second-order valence-corrected chi connectivity index (χ2v) is 7.83. The van der Waals surface area contributed by atoms with Crippen molar-refractivity contribution in [3.05, 3.63) is 35.9 Å². The number of carbonyl (C=O) groups excluding carboxylic acids is 3. The van der Waals surface area contributed by atoms with Crippen LogP contribution in [0, 0.1) is 5.92 Å². The van der Waals surface area contributed by atoms with Crippen molar-refractivity contribution in [2.24, 2.45) is 5.92 Å². The van der Waals surface area contributed by atoms with Crippen molar-refractivity contribution in [3.8, 4) is 0 Å². The van der Waals surface area contributed by atoms with Gasteiger partial charge in [-0.1, -0.05) is 44.2 Å². The van der Waals surface area contributed by atoms with Crippen LogP contribution in [0.25, 0.3) is 0 Å². The molecule has 0 radical (unpaired) electrons. The first kappa shape index (κ1) is 22.4. The smallest absolute Gasteiger partial charge is 0.405 e. The van der Waals surface area contributed by atoms with Gasteiger partial charge in [0.15, 0.2) is 0 Å². The van der Waals surface area contributed by atoms with Crippen molar-refractivity contribution in [2.75, 3.05) is 0 Å². The topological polar surface area (TPSA) is 125 Å². The number of benzene rings is 1. The van der Waals surface area contributed by atoms with Crippen LogP contribution in [0.15, 0.2) is 30.3 Å². The number of nitrogens with one attached hydrogen (secondary N) is 3. The Balaban J connectivity index is 2.08. The van der Waals surface area contributed by atoms with Crippen LogP contribution in [0.5, 0.6) is 0 Å². The number of hydrogen-bond donors (Lipinski definition) is 4. The first-order chi connectivity index (χ1) is 13.8. The highest BCUT2D eigenvalue weighted by molar-refractivity contribution is 6.38. The molecular formula is C21H29N3O5. The Bertz CT molecular complexity index is 731. The van der Waals surface area contributed by atoms with Gasteiger partial charge in [-0.05, 0) is 43.6 Å². The highest BCUT2D eigenvalue weighted by Crippen LogP contribution is 2.18. The predicted molar refractivity (Wildman–Crippen MR) is 107 cm³/mol. The molecule has 1 fully saturated rings. The summed E-state index contributed by atoms with van der Waals surface area (Å²) < 4.78 is 0. The monoisotopic (exact) mass is 403 g/mol. The van der Waals surface area contributed by atoms with Crippen LogP contribution < -0.4 is 16.0 Å². The Morgan fingerprint density at radius 3 is 2.24 bits per heavy atom. The maximum Gasteiger partial charge on any atom is 0.405 e. The molecule has 0 unspecified atom stereocenters. The normalized spacial score (nSPS) is 15.3. The Kier molecular flexibility index (Phi) is 8.18. The van der Waals surface area contributed by atoms with E-state index in [1.165, 1.54) is 0 Å². The van der Waals surface area contributed by atoms with Gasteiger partial charge in [0.2, 0.25) is 11.7 Å². The first-order valence-corrected chi connectivity index (χ1v) is 9.94. The van der Waals surface area contributed by atoms with Crippen molar-refractivity contribution in [2.45, 2.75) is 64.1 Å². The van der Waals surface area contributed by atoms with Crippen LogP contribution in [0.2, 0.25) is 0 Å². The highest BCUT2D eigenvalue weighted by Gasteiger charge is 2.33. The molecule has 0 bridgehead atoms. The Morgan fingerprint density at radius 2 is 1.69 bits per heavy atom. The number of amides is 3. The minimum absolute atomic E-state index is 0.0271.